The molecule has 0 aliphatic heterocycles. The molecule has 1 atom stereocenters. The highest BCUT2D eigenvalue weighted by Crippen LogP contribution is 2.37. The third-order valence-corrected chi connectivity index (χ3v) is 2.60. The summed E-state index contributed by atoms with van der Waals surface area (Å²) in [5, 5.41) is 0. The Hall–Kier alpha value is -1.29. The molecule has 1 rings (SSSR count). The fourth-order valence-corrected chi connectivity index (χ4v) is 1.79. The Labute approximate surface area is 95.4 Å². The second kappa shape index (κ2) is 5.70. The van der Waals surface area contributed by atoms with E-state index in [1.54, 1.807) is 0 Å². The predicted octanol–water partition coefficient (Wildman–Crippen LogP) is 2.30. The van der Waals surface area contributed by atoms with Gasteiger partial charge in [0.05, 0.1) is 14.2 Å². The van der Waals surface area contributed by atoms with Crippen LogP contribution in [-0.4, -0.2) is 20.8 Å². The number of hydrogen-bond acceptors (Lipinski definition) is 3. The van der Waals surface area contributed by atoms with E-state index >= 15 is 0 Å². The molecule has 2 N–H and O–H groups in total. The number of nitrogens with two attached hydrogens (primary N) is 1. The second-order valence-electron chi connectivity index (χ2n) is 3.70. The van der Waals surface area contributed by atoms with Crippen molar-refractivity contribution in [3.8, 4) is 11.5 Å². The van der Waals surface area contributed by atoms with Gasteiger partial charge in [-0.15, -0.1) is 0 Å². The van der Waals surface area contributed by atoms with Gasteiger partial charge >= 0.3 is 0 Å². The molecule has 0 aliphatic carbocycles. The Morgan fingerprint density at radius 3 is 2.12 bits per heavy atom. The summed E-state index contributed by atoms with van der Waals surface area (Å²) >= 11 is 0. The van der Waals surface area contributed by atoms with Gasteiger partial charge in [-0.3, -0.25) is 0 Å². The van der Waals surface area contributed by atoms with Crippen molar-refractivity contribution in [3.05, 3.63) is 23.5 Å². The van der Waals surface area contributed by atoms with Crippen molar-refractivity contribution in [1.29, 1.82) is 0 Å². The zero-order chi connectivity index (χ0) is 12.1. The van der Waals surface area contributed by atoms with Crippen LogP contribution in [0.5, 0.6) is 11.5 Å². The molecule has 0 heterocycles. The third kappa shape index (κ3) is 2.64. The van der Waals surface area contributed by atoms with E-state index in [2.05, 4.69) is 0 Å². The van der Waals surface area contributed by atoms with Crippen LogP contribution in [0.25, 0.3) is 0 Å². The summed E-state index contributed by atoms with van der Waals surface area (Å²) in [5.41, 5.74) is 6.40. The summed E-state index contributed by atoms with van der Waals surface area (Å²) in [6.07, 6.45) is 0.804. The molecule has 0 spiro atoms. The number of halogens is 1. The highest BCUT2D eigenvalue weighted by atomic mass is 19.1. The molecule has 1 unspecified atom stereocenters. The van der Waals surface area contributed by atoms with Crippen molar-refractivity contribution in [2.24, 2.45) is 5.73 Å². The van der Waals surface area contributed by atoms with Gasteiger partial charge in [-0.05, 0) is 18.9 Å². The minimum atomic E-state index is -0.364. The van der Waals surface area contributed by atoms with Gasteiger partial charge in [0.15, 0.2) is 0 Å². The van der Waals surface area contributed by atoms with Crippen molar-refractivity contribution in [2.45, 2.75) is 19.3 Å². The molecular formula is C12H18FNO2. The molecular weight excluding hydrogens is 209 g/mol. The lowest BCUT2D eigenvalue weighted by Crippen LogP contribution is -2.07. The van der Waals surface area contributed by atoms with E-state index in [9.17, 15) is 4.39 Å². The third-order valence-electron chi connectivity index (χ3n) is 2.60. The van der Waals surface area contributed by atoms with Gasteiger partial charge in [-0.1, -0.05) is 6.92 Å². The van der Waals surface area contributed by atoms with Crippen LogP contribution in [0.2, 0.25) is 0 Å². The van der Waals surface area contributed by atoms with E-state index in [4.69, 9.17) is 15.2 Å². The maximum absolute atomic E-state index is 13.2. The summed E-state index contributed by atoms with van der Waals surface area (Å²) < 4.78 is 23.6. The number of hydrogen-bond donors (Lipinski definition) is 1. The quantitative estimate of drug-likeness (QED) is 0.839. The van der Waals surface area contributed by atoms with Crippen LogP contribution in [-0.2, 0) is 0 Å². The Morgan fingerprint density at radius 2 is 1.75 bits per heavy atom. The number of methoxy groups -OCH3 is 2. The molecule has 1 aromatic carbocycles. The summed E-state index contributed by atoms with van der Waals surface area (Å²) in [5.74, 6) is 0.837. The average molecular weight is 227 g/mol. The normalized spacial score (nSPS) is 12.3. The van der Waals surface area contributed by atoms with Gasteiger partial charge in [0, 0.05) is 17.7 Å². The molecule has 1 aromatic rings. The lowest BCUT2D eigenvalue weighted by molar-refractivity contribution is 0.373. The molecule has 0 fully saturated rings. The zero-order valence-electron chi connectivity index (χ0n) is 9.92. The van der Waals surface area contributed by atoms with Crippen LogP contribution in [0.4, 0.5) is 4.39 Å². The molecule has 0 bridgehead atoms. The number of ether oxygens (including phenoxy) is 2. The van der Waals surface area contributed by atoms with Gasteiger partial charge in [-0.25, -0.2) is 4.39 Å². The van der Waals surface area contributed by atoms with Gasteiger partial charge in [0.2, 0.25) is 0 Å². The van der Waals surface area contributed by atoms with Gasteiger partial charge < -0.3 is 15.2 Å². The fraction of sp³-hybridized carbons (Fsp3) is 0.500. The van der Waals surface area contributed by atoms with Crippen LogP contribution in [0.3, 0.4) is 0 Å². The zero-order valence-corrected chi connectivity index (χ0v) is 9.92. The largest absolute Gasteiger partial charge is 0.496 e. The first-order chi connectivity index (χ1) is 7.63. The Balaban J connectivity index is 3.21. The fourth-order valence-electron chi connectivity index (χ4n) is 1.79. The molecule has 3 nitrogen and oxygen atoms in total. The molecule has 90 valence electrons. The van der Waals surface area contributed by atoms with Crippen molar-refractivity contribution in [3.63, 3.8) is 0 Å². The van der Waals surface area contributed by atoms with Crippen LogP contribution < -0.4 is 15.2 Å². The Kier molecular flexibility index (Phi) is 4.55. The second-order valence-corrected chi connectivity index (χ2v) is 3.70. The van der Waals surface area contributed by atoms with Crippen LogP contribution in [0.1, 0.15) is 24.8 Å². The first kappa shape index (κ1) is 12.8. The van der Waals surface area contributed by atoms with E-state index in [1.165, 1.54) is 26.4 Å². The van der Waals surface area contributed by atoms with Crippen molar-refractivity contribution >= 4 is 0 Å². The van der Waals surface area contributed by atoms with Gasteiger partial charge in [-0.2, -0.15) is 0 Å². The van der Waals surface area contributed by atoms with Crippen LogP contribution in [0, 0.1) is 5.82 Å². The first-order valence-electron chi connectivity index (χ1n) is 5.25. The summed E-state index contributed by atoms with van der Waals surface area (Å²) in [6, 6.07) is 2.73. The van der Waals surface area contributed by atoms with Gasteiger partial charge in [0.25, 0.3) is 0 Å². The van der Waals surface area contributed by atoms with Crippen molar-refractivity contribution in [1.82, 2.24) is 0 Å². The minimum Gasteiger partial charge on any atom is -0.496 e. The lowest BCUT2D eigenvalue weighted by atomic mass is 9.95. The predicted molar refractivity (Wildman–Crippen MR) is 61.6 cm³/mol. The maximum atomic E-state index is 13.2. The topological polar surface area (TPSA) is 44.5 Å². The number of rotatable bonds is 5. The van der Waals surface area contributed by atoms with Crippen molar-refractivity contribution < 1.29 is 13.9 Å². The van der Waals surface area contributed by atoms with E-state index < -0.39 is 0 Å². The maximum Gasteiger partial charge on any atom is 0.130 e. The minimum absolute atomic E-state index is 0.176. The number of benzene rings is 1. The van der Waals surface area contributed by atoms with E-state index in [0.29, 0.717) is 18.0 Å². The monoisotopic (exact) mass is 227 g/mol. The highest BCUT2D eigenvalue weighted by Gasteiger charge is 2.18. The molecule has 0 aromatic heterocycles. The first-order valence-corrected chi connectivity index (χ1v) is 5.25. The standard InChI is InChI=1S/C12H18FNO2/c1-8(4-5-14)12-10(15-2)6-9(13)7-11(12)16-3/h6-8H,4-5,14H2,1-3H3. The summed E-state index contributed by atoms with van der Waals surface area (Å²) in [4.78, 5) is 0. The summed E-state index contributed by atoms with van der Waals surface area (Å²) in [7, 11) is 3.04. The molecule has 0 saturated carbocycles. The van der Waals surface area contributed by atoms with Crippen LogP contribution >= 0.6 is 0 Å². The SMILES string of the molecule is COc1cc(F)cc(OC)c1C(C)CCN. The molecule has 0 saturated heterocycles. The van der Waals surface area contributed by atoms with E-state index in [-0.39, 0.29) is 11.7 Å². The smallest absolute Gasteiger partial charge is 0.130 e. The highest BCUT2D eigenvalue weighted by molar-refractivity contribution is 5.47. The Morgan fingerprint density at radius 1 is 1.25 bits per heavy atom. The average Bonchev–Trinajstić information content (AvgIpc) is 2.27. The van der Waals surface area contributed by atoms with E-state index in [0.717, 1.165) is 12.0 Å². The molecule has 4 heteroatoms. The van der Waals surface area contributed by atoms with Gasteiger partial charge in [0.1, 0.15) is 17.3 Å². The molecule has 0 aliphatic rings. The van der Waals surface area contributed by atoms with E-state index in [1.807, 2.05) is 6.92 Å². The molecule has 16 heavy (non-hydrogen) atoms. The summed E-state index contributed by atoms with van der Waals surface area (Å²) in [6.45, 7) is 2.59. The Bertz CT molecular complexity index is 330. The van der Waals surface area contributed by atoms with Crippen LogP contribution in [0.15, 0.2) is 12.1 Å². The van der Waals surface area contributed by atoms with Crippen molar-refractivity contribution in [2.75, 3.05) is 20.8 Å². The lowest BCUT2D eigenvalue weighted by Gasteiger charge is -2.18. The molecule has 0 amide bonds. The molecule has 0 radical (unpaired) electrons.